The summed E-state index contributed by atoms with van der Waals surface area (Å²) in [6.45, 7) is 0. The average molecular weight is 306 g/mol. The van der Waals surface area contributed by atoms with E-state index in [9.17, 15) is 9.59 Å². The Hall–Kier alpha value is -1.66. The van der Waals surface area contributed by atoms with Crippen molar-refractivity contribution in [2.24, 2.45) is 5.73 Å². The van der Waals surface area contributed by atoms with Crippen LogP contribution in [0.1, 0.15) is 43.3 Å². The number of nitrogens with one attached hydrogen (secondary N) is 1. The number of fused-ring (bicyclic) bond motifs is 1. The summed E-state index contributed by atoms with van der Waals surface area (Å²) in [4.78, 5) is 25.6. The topological polar surface area (TPSA) is 72.2 Å². The first-order valence-electron chi connectivity index (χ1n) is 6.46. The number of amides is 2. The van der Waals surface area contributed by atoms with Crippen molar-refractivity contribution in [3.05, 3.63) is 38.4 Å². The van der Waals surface area contributed by atoms with E-state index in [1.54, 1.807) is 6.07 Å². The number of thiophene rings is 2. The van der Waals surface area contributed by atoms with E-state index in [-0.39, 0.29) is 5.91 Å². The molecule has 0 radical (unpaired) electrons. The highest BCUT2D eigenvalue weighted by Crippen LogP contribution is 2.38. The number of hydrogen-bond donors (Lipinski definition) is 2. The number of carbonyl (C=O) groups is 2. The van der Waals surface area contributed by atoms with Crippen LogP contribution in [0.15, 0.2) is 17.5 Å². The van der Waals surface area contributed by atoms with Crippen LogP contribution in [0.5, 0.6) is 0 Å². The van der Waals surface area contributed by atoms with Crippen molar-refractivity contribution in [3.8, 4) is 0 Å². The lowest BCUT2D eigenvalue weighted by atomic mass is 9.95. The molecule has 3 rings (SSSR count). The van der Waals surface area contributed by atoms with E-state index in [0.717, 1.165) is 31.2 Å². The monoisotopic (exact) mass is 306 g/mol. The average Bonchev–Trinajstić information content (AvgIpc) is 3.05. The summed E-state index contributed by atoms with van der Waals surface area (Å²) in [7, 11) is 0. The van der Waals surface area contributed by atoms with Gasteiger partial charge in [-0.3, -0.25) is 9.59 Å². The molecule has 2 aromatic rings. The molecular weight excluding hydrogens is 292 g/mol. The van der Waals surface area contributed by atoms with Gasteiger partial charge in [0, 0.05) is 4.88 Å². The Morgan fingerprint density at radius 1 is 1.25 bits per heavy atom. The van der Waals surface area contributed by atoms with Crippen molar-refractivity contribution in [2.75, 3.05) is 5.32 Å². The first kappa shape index (κ1) is 13.3. The molecule has 2 heterocycles. The molecule has 2 aromatic heterocycles. The molecule has 4 nitrogen and oxygen atoms in total. The largest absolute Gasteiger partial charge is 0.365 e. The zero-order chi connectivity index (χ0) is 14.1. The maximum Gasteiger partial charge on any atom is 0.266 e. The van der Waals surface area contributed by atoms with E-state index in [1.807, 2.05) is 11.4 Å². The van der Waals surface area contributed by atoms with Gasteiger partial charge in [-0.15, -0.1) is 22.7 Å². The van der Waals surface area contributed by atoms with Crippen LogP contribution in [0.4, 0.5) is 5.00 Å². The number of hydrogen-bond acceptors (Lipinski definition) is 4. The number of carbonyl (C=O) groups excluding carboxylic acids is 2. The molecular formula is C14H14N2O2S2. The molecule has 2 amide bonds. The predicted molar refractivity (Wildman–Crippen MR) is 81.8 cm³/mol. The molecule has 0 unspecified atom stereocenters. The second-order valence-electron chi connectivity index (χ2n) is 4.71. The minimum Gasteiger partial charge on any atom is -0.365 e. The van der Waals surface area contributed by atoms with E-state index < -0.39 is 5.91 Å². The fourth-order valence-electron chi connectivity index (χ4n) is 2.49. The van der Waals surface area contributed by atoms with Gasteiger partial charge < -0.3 is 11.1 Å². The molecule has 0 saturated heterocycles. The van der Waals surface area contributed by atoms with Crippen LogP contribution in [0.25, 0.3) is 0 Å². The lowest BCUT2D eigenvalue weighted by Crippen LogP contribution is -2.18. The van der Waals surface area contributed by atoms with E-state index >= 15 is 0 Å². The summed E-state index contributed by atoms with van der Waals surface area (Å²) in [5, 5.41) is 5.29. The van der Waals surface area contributed by atoms with Crippen LogP contribution in [0, 0.1) is 0 Å². The molecule has 0 fully saturated rings. The zero-order valence-electron chi connectivity index (χ0n) is 10.8. The Kier molecular flexibility index (Phi) is 3.58. The van der Waals surface area contributed by atoms with E-state index in [1.165, 1.54) is 27.6 Å². The Balaban J connectivity index is 1.95. The smallest absolute Gasteiger partial charge is 0.266 e. The fourth-order valence-corrected chi connectivity index (χ4v) is 4.40. The molecule has 1 aliphatic carbocycles. The van der Waals surface area contributed by atoms with E-state index in [4.69, 9.17) is 5.73 Å². The quantitative estimate of drug-likeness (QED) is 0.915. The molecule has 1 aliphatic rings. The summed E-state index contributed by atoms with van der Waals surface area (Å²) in [5.74, 6) is -0.632. The summed E-state index contributed by atoms with van der Waals surface area (Å²) >= 11 is 2.86. The van der Waals surface area contributed by atoms with Crippen LogP contribution < -0.4 is 11.1 Å². The maximum atomic E-state index is 12.1. The van der Waals surface area contributed by atoms with Crippen molar-refractivity contribution in [1.29, 1.82) is 0 Å². The molecule has 20 heavy (non-hydrogen) atoms. The van der Waals surface area contributed by atoms with Crippen LogP contribution >= 0.6 is 22.7 Å². The van der Waals surface area contributed by atoms with E-state index in [2.05, 4.69) is 5.32 Å². The van der Waals surface area contributed by atoms with Gasteiger partial charge in [-0.05, 0) is 42.7 Å². The molecule has 3 N–H and O–H groups in total. The Labute approximate surface area is 124 Å². The third-order valence-electron chi connectivity index (χ3n) is 3.39. The molecule has 0 spiro atoms. The molecule has 0 bridgehead atoms. The summed E-state index contributed by atoms with van der Waals surface area (Å²) < 4.78 is 0. The van der Waals surface area contributed by atoms with Crippen molar-refractivity contribution < 1.29 is 9.59 Å². The highest BCUT2D eigenvalue weighted by Gasteiger charge is 2.25. The molecule has 0 aliphatic heterocycles. The SMILES string of the molecule is NC(=O)c1c(NC(=O)c2cccs2)sc2c1CCCC2. The molecule has 0 aromatic carbocycles. The van der Waals surface area contributed by atoms with Gasteiger partial charge in [0.05, 0.1) is 10.4 Å². The lowest BCUT2D eigenvalue weighted by Gasteiger charge is -2.11. The number of anilines is 1. The minimum atomic E-state index is -0.453. The summed E-state index contributed by atoms with van der Waals surface area (Å²) in [6, 6.07) is 3.59. The Morgan fingerprint density at radius 2 is 2.05 bits per heavy atom. The third kappa shape index (κ3) is 2.36. The number of nitrogens with two attached hydrogens (primary N) is 1. The predicted octanol–water partition coefficient (Wildman–Crippen LogP) is 3.04. The van der Waals surface area contributed by atoms with Crippen molar-refractivity contribution >= 4 is 39.5 Å². The molecule has 6 heteroatoms. The molecule has 104 valence electrons. The summed E-state index contributed by atoms with van der Waals surface area (Å²) in [5.41, 5.74) is 7.04. The minimum absolute atomic E-state index is 0.180. The highest BCUT2D eigenvalue weighted by atomic mass is 32.1. The maximum absolute atomic E-state index is 12.1. The van der Waals surface area contributed by atoms with Crippen LogP contribution in [-0.2, 0) is 12.8 Å². The van der Waals surface area contributed by atoms with Crippen molar-refractivity contribution in [3.63, 3.8) is 0 Å². The first-order valence-corrected chi connectivity index (χ1v) is 8.15. The first-order chi connectivity index (χ1) is 9.66. The Bertz CT molecular complexity index is 659. The second-order valence-corrected chi connectivity index (χ2v) is 6.76. The van der Waals surface area contributed by atoms with Crippen LogP contribution in [-0.4, -0.2) is 11.8 Å². The van der Waals surface area contributed by atoms with Gasteiger partial charge in [-0.25, -0.2) is 0 Å². The van der Waals surface area contributed by atoms with Crippen LogP contribution in [0.2, 0.25) is 0 Å². The molecule has 0 atom stereocenters. The summed E-state index contributed by atoms with van der Waals surface area (Å²) in [6.07, 6.45) is 4.04. The fraction of sp³-hybridized carbons (Fsp3) is 0.286. The van der Waals surface area contributed by atoms with Crippen molar-refractivity contribution in [1.82, 2.24) is 0 Å². The Morgan fingerprint density at radius 3 is 2.75 bits per heavy atom. The third-order valence-corrected chi connectivity index (χ3v) is 5.47. The zero-order valence-corrected chi connectivity index (χ0v) is 12.4. The van der Waals surface area contributed by atoms with Gasteiger partial charge in [-0.1, -0.05) is 6.07 Å². The number of primary amides is 1. The number of aryl methyl sites for hydroxylation is 1. The second kappa shape index (κ2) is 5.38. The van der Waals surface area contributed by atoms with Gasteiger partial charge in [0.25, 0.3) is 11.8 Å². The van der Waals surface area contributed by atoms with Gasteiger partial charge in [-0.2, -0.15) is 0 Å². The lowest BCUT2D eigenvalue weighted by molar-refractivity contribution is 0.100. The van der Waals surface area contributed by atoms with Gasteiger partial charge in [0.1, 0.15) is 5.00 Å². The normalized spacial score (nSPS) is 13.8. The van der Waals surface area contributed by atoms with E-state index in [0.29, 0.717) is 15.4 Å². The molecule has 0 saturated carbocycles. The highest BCUT2D eigenvalue weighted by molar-refractivity contribution is 7.17. The van der Waals surface area contributed by atoms with Crippen LogP contribution in [0.3, 0.4) is 0 Å². The standard InChI is InChI=1S/C14H14N2O2S2/c15-12(17)11-8-4-1-2-5-9(8)20-14(11)16-13(18)10-6-3-7-19-10/h3,6-7H,1-2,4-5H2,(H2,15,17)(H,16,18). The van der Waals surface area contributed by atoms with Crippen molar-refractivity contribution in [2.45, 2.75) is 25.7 Å². The van der Waals surface area contributed by atoms with Gasteiger partial charge in [0.2, 0.25) is 0 Å². The van der Waals surface area contributed by atoms with Gasteiger partial charge >= 0.3 is 0 Å². The van der Waals surface area contributed by atoms with Gasteiger partial charge in [0.15, 0.2) is 0 Å². The number of rotatable bonds is 3.